The minimum absolute atomic E-state index is 0.123. The Kier molecular flexibility index (Phi) is 8.89. The molecule has 0 N–H and O–H groups in total. The topological polar surface area (TPSA) is 82.1 Å². The van der Waals surface area contributed by atoms with Crippen LogP contribution in [-0.2, 0) is 28.6 Å². The van der Waals surface area contributed by atoms with Crippen molar-refractivity contribution in [1.29, 1.82) is 0 Å². The second-order valence-corrected chi connectivity index (χ2v) is 5.99. The summed E-state index contributed by atoms with van der Waals surface area (Å²) in [5.41, 5.74) is -1.74. The lowest BCUT2D eigenvalue weighted by Gasteiger charge is -2.36. The Labute approximate surface area is 150 Å². The third-order valence-electron chi connectivity index (χ3n) is 4.47. The number of unbranched alkanes of at least 4 members (excludes halogenated alkanes) is 2. The SMILES string of the molecule is CCCCCN1CCC(C(=O)OCC)C1(C(=O)OCC)C(=O)OCC. The average molecular weight is 357 g/mol. The molecule has 1 atom stereocenters. The summed E-state index contributed by atoms with van der Waals surface area (Å²) < 4.78 is 15.5. The van der Waals surface area contributed by atoms with Crippen molar-refractivity contribution in [3.63, 3.8) is 0 Å². The van der Waals surface area contributed by atoms with Crippen molar-refractivity contribution < 1.29 is 28.6 Å². The number of esters is 3. The molecule has 1 aliphatic rings. The van der Waals surface area contributed by atoms with E-state index in [1.165, 1.54) is 0 Å². The number of hydrogen-bond acceptors (Lipinski definition) is 7. The fourth-order valence-electron chi connectivity index (χ4n) is 3.37. The van der Waals surface area contributed by atoms with E-state index in [0.29, 0.717) is 19.5 Å². The lowest BCUT2D eigenvalue weighted by molar-refractivity contribution is -0.181. The standard InChI is InChI=1S/C18H31NO6/c1-5-9-10-12-19-13-11-14(15(20)23-6-2)18(19,16(21)24-7-3)17(22)25-8-4/h14H,5-13H2,1-4H3. The van der Waals surface area contributed by atoms with Crippen LogP contribution in [0.2, 0.25) is 0 Å². The summed E-state index contributed by atoms with van der Waals surface area (Å²) in [7, 11) is 0. The number of ether oxygens (including phenoxy) is 3. The van der Waals surface area contributed by atoms with E-state index < -0.39 is 29.4 Å². The summed E-state index contributed by atoms with van der Waals surface area (Å²) in [5, 5.41) is 0. The molecule has 0 aromatic rings. The quantitative estimate of drug-likeness (QED) is 0.256. The molecule has 1 fully saturated rings. The summed E-state index contributed by atoms with van der Waals surface area (Å²) in [6, 6.07) is 0. The van der Waals surface area contributed by atoms with Crippen LogP contribution in [0.25, 0.3) is 0 Å². The third kappa shape index (κ3) is 4.51. The van der Waals surface area contributed by atoms with Gasteiger partial charge in [-0.2, -0.15) is 0 Å². The highest BCUT2D eigenvalue weighted by Gasteiger charge is 2.65. The van der Waals surface area contributed by atoms with E-state index >= 15 is 0 Å². The van der Waals surface area contributed by atoms with Crippen LogP contribution in [-0.4, -0.2) is 61.3 Å². The van der Waals surface area contributed by atoms with Crippen LogP contribution >= 0.6 is 0 Å². The zero-order valence-electron chi connectivity index (χ0n) is 15.8. The van der Waals surface area contributed by atoms with E-state index in [1.807, 2.05) is 0 Å². The second-order valence-electron chi connectivity index (χ2n) is 5.99. The largest absolute Gasteiger partial charge is 0.466 e. The van der Waals surface area contributed by atoms with Gasteiger partial charge in [0.1, 0.15) is 0 Å². The maximum absolute atomic E-state index is 12.9. The summed E-state index contributed by atoms with van der Waals surface area (Å²) in [5.74, 6) is -2.91. The predicted molar refractivity (Wildman–Crippen MR) is 91.8 cm³/mol. The first-order valence-corrected chi connectivity index (χ1v) is 9.26. The predicted octanol–water partition coefficient (Wildman–Crippen LogP) is 1.93. The Morgan fingerprint density at radius 3 is 1.96 bits per heavy atom. The van der Waals surface area contributed by atoms with E-state index in [9.17, 15) is 14.4 Å². The van der Waals surface area contributed by atoms with Crippen LogP contribution in [0.1, 0.15) is 53.4 Å². The molecular weight excluding hydrogens is 326 g/mol. The summed E-state index contributed by atoms with van der Waals surface area (Å²) in [6.07, 6.45) is 3.18. The van der Waals surface area contributed by atoms with E-state index in [2.05, 4.69) is 6.92 Å². The number of carbonyl (C=O) groups excluding carboxylic acids is 3. The van der Waals surface area contributed by atoms with Crippen molar-refractivity contribution in [2.45, 2.75) is 58.9 Å². The van der Waals surface area contributed by atoms with Gasteiger partial charge in [-0.1, -0.05) is 19.8 Å². The maximum Gasteiger partial charge on any atom is 0.339 e. The number of likely N-dealkylation sites (tertiary alicyclic amines) is 1. The number of rotatable bonds is 10. The molecule has 0 spiro atoms. The van der Waals surface area contributed by atoms with Crippen LogP contribution in [0.3, 0.4) is 0 Å². The summed E-state index contributed by atoms with van der Waals surface area (Å²) >= 11 is 0. The smallest absolute Gasteiger partial charge is 0.339 e. The van der Waals surface area contributed by atoms with Gasteiger partial charge < -0.3 is 14.2 Å². The molecule has 1 unspecified atom stereocenters. The van der Waals surface area contributed by atoms with Gasteiger partial charge in [-0.15, -0.1) is 0 Å². The molecule has 1 aliphatic heterocycles. The summed E-state index contributed by atoms with van der Waals surface area (Å²) in [4.78, 5) is 40.0. The molecule has 0 saturated carbocycles. The van der Waals surface area contributed by atoms with E-state index in [1.54, 1.807) is 25.7 Å². The third-order valence-corrected chi connectivity index (χ3v) is 4.47. The average Bonchev–Trinajstić information content (AvgIpc) is 2.96. The molecule has 0 amide bonds. The molecule has 0 aromatic carbocycles. The van der Waals surface area contributed by atoms with Crippen molar-refractivity contribution >= 4 is 17.9 Å². The number of hydrogen-bond donors (Lipinski definition) is 0. The highest BCUT2D eigenvalue weighted by molar-refractivity contribution is 6.09. The van der Waals surface area contributed by atoms with Gasteiger partial charge in [0.25, 0.3) is 0 Å². The molecule has 7 nitrogen and oxygen atoms in total. The molecular formula is C18H31NO6. The zero-order valence-corrected chi connectivity index (χ0v) is 15.8. The maximum atomic E-state index is 12.9. The Hall–Kier alpha value is -1.63. The van der Waals surface area contributed by atoms with Crippen molar-refractivity contribution in [1.82, 2.24) is 4.90 Å². The van der Waals surface area contributed by atoms with Crippen molar-refractivity contribution in [2.75, 3.05) is 32.9 Å². The minimum atomic E-state index is -1.74. The Morgan fingerprint density at radius 1 is 0.920 bits per heavy atom. The van der Waals surface area contributed by atoms with Gasteiger partial charge in [-0.3, -0.25) is 9.69 Å². The molecule has 0 aliphatic carbocycles. The fourth-order valence-corrected chi connectivity index (χ4v) is 3.37. The van der Waals surface area contributed by atoms with Gasteiger partial charge in [0.2, 0.25) is 5.54 Å². The lowest BCUT2D eigenvalue weighted by atomic mass is 9.84. The minimum Gasteiger partial charge on any atom is -0.466 e. The van der Waals surface area contributed by atoms with Gasteiger partial charge in [0.15, 0.2) is 0 Å². The molecule has 0 aromatic heterocycles. The van der Waals surface area contributed by atoms with Gasteiger partial charge in [0, 0.05) is 6.54 Å². The van der Waals surface area contributed by atoms with Crippen molar-refractivity contribution in [3.8, 4) is 0 Å². The van der Waals surface area contributed by atoms with Gasteiger partial charge in [-0.25, -0.2) is 9.59 Å². The molecule has 25 heavy (non-hydrogen) atoms. The van der Waals surface area contributed by atoms with Gasteiger partial charge in [-0.05, 0) is 40.2 Å². The molecule has 144 valence electrons. The molecule has 0 bridgehead atoms. The van der Waals surface area contributed by atoms with Crippen LogP contribution < -0.4 is 0 Å². The Morgan fingerprint density at radius 2 is 1.48 bits per heavy atom. The monoisotopic (exact) mass is 357 g/mol. The van der Waals surface area contributed by atoms with E-state index in [-0.39, 0.29) is 19.8 Å². The normalized spacial score (nSPS) is 19.4. The second kappa shape index (κ2) is 10.4. The highest BCUT2D eigenvalue weighted by Crippen LogP contribution is 2.39. The lowest BCUT2D eigenvalue weighted by Crippen LogP contribution is -2.63. The van der Waals surface area contributed by atoms with Crippen molar-refractivity contribution in [2.24, 2.45) is 5.92 Å². The molecule has 1 saturated heterocycles. The van der Waals surface area contributed by atoms with Crippen LogP contribution in [0.5, 0.6) is 0 Å². The first-order valence-electron chi connectivity index (χ1n) is 9.26. The Balaban J connectivity index is 3.28. The Bertz CT molecular complexity index is 446. The fraction of sp³-hybridized carbons (Fsp3) is 0.833. The number of nitrogens with zero attached hydrogens (tertiary/aromatic N) is 1. The number of carbonyl (C=O) groups is 3. The first kappa shape index (κ1) is 21.4. The van der Waals surface area contributed by atoms with E-state index in [0.717, 1.165) is 19.3 Å². The summed E-state index contributed by atoms with van der Waals surface area (Å²) in [6.45, 7) is 8.53. The first-order chi connectivity index (χ1) is 12.0. The molecule has 1 rings (SSSR count). The molecule has 0 radical (unpaired) electrons. The van der Waals surface area contributed by atoms with Gasteiger partial charge in [0.05, 0.1) is 25.7 Å². The van der Waals surface area contributed by atoms with Crippen LogP contribution in [0.15, 0.2) is 0 Å². The van der Waals surface area contributed by atoms with Crippen LogP contribution in [0, 0.1) is 5.92 Å². The van der Waals surface area contributed by atoms with Gasteiger partial charge >= 0.3 is 17.9 Å². The van der Waals surface area contributed by atoms with Crippen molar-refractivity contribution in [3.05, 3.63) is 0 Å². The zero-order chi connectivity index (χ0) is 18.9. The molecule has 7 heteroatoms. The highest BCUT2D eigenvalue weighted by atomic mass is 16.6. The van der Waals surface area contributed by atoms with Crippen LogP contribution in [0.4, 0.5) is 0 Å². The van der Waals surface area contributed by atoms with E-state index in [4.69, 9.17) is 14.2 Å². The molecule has 1 heterocycles.